The van der Waals surface area contributed by atoms with Crippen LogP contribution in [-0.2, 0) is 16.0 Å². The Balaban J connectivity index is 2.44. The fourth-order valence-electron chi connectivity index (χ4n) is 1.91. The van der Waals surface area contributed by atoms with Gasteiger partial charge in [0.05, 0.1) is 12.0 Å². The number of aliphatic hydroxyl groups is 1. The molecule has 0 saturated heterocycles. The third kappa shape index (κ3) is 5.73. The molecule has 1 N–H and O–H groups in total. The average molecular weight is 248 g/mol. The first-order valence-electron chi connectivity index (χ1n) is 6.16. The van der Waals surface area contributed by atoms with E-state index in [2.05, 4.69) is 0 Å². The van der Waals surface area contributed by atoms with Gasteiger partial charge in [-0.15, -0.1) is 0 Å². The van der Waals surface area contributed by atoms with E-state index in [0.717, 1.165) is 12.0 Å². The van der Waals surface area contributed by atoms with Gasteiger partial charge >= 0.3 is 0 Å². The molecule has 3 heteroatoms. The second-order valence-corrected chi connectivity index (χ2v) is 5.08. The molecule has 1 rings (SSSR count). The summed E-state index contributed by atoms with van der Waals surface area (Å²) >= 11 is 0. The van der Waals surface area contributed by atoms with Gasteiger partial charge in [-0.2, -0.15) is 0 Å². The first-order chi connectivity index (χ1) is 8.39. The van der Waals surface area contributed by atoms with E-state index < -0.39 is 5.60 Å². The van der Waals surface area contributed by atoms with Crippen LogP contribution in [0.2, 0.25) is 0 Å². The standard InChI is InChI=1S/C15H20O3/c1-12(16)10-14(17)11-15(2,18)9-8-13-6-4-3-5-7-13/h3-7,18H,8-11H2,1-2H3. The summed E-state index contributed by atoms with van der Waals surface area (Å²) in [4.78, 5) is 22.3. The molecule has 1 aromatic rings. The highest BCUT2D eigenvalue weighted by Gasteiger charge is 2.24. The molecule has 18 heavy (non-hydrogen) atoms. The maximum Gasteiger partial charge on any atom is 0.143 e. The fourth-order valence-corrected chi connectivity index (χ4v) is 1.91. The van der Waals surface area contributed by atoms with E-state index in [1.165, 1.54) is 6.92 Å². The number of Topliss-reactive ketones (excluding diaryl/α,β-unsaturated/α-hetero) is 2. The van der Waals surface area contributed by atoms with E-state index in [9.17, 15) is 14.7 Å². The van der Waals surface area contributed by atoms with Gasteiger partial charge in [-0.3, -0.25) is 9.59 Å². The van der Waals surface area contributed by atoms with Crippen molar-refractivity contribution in [1.82, 2.24) is 0 Å². The molecule has 0 aromatic heterocycles. The minimum atomic E-state index is -1.04. The summed E-state index contributed by atoms with van der Waals surface area (Å²) in [6.07, 6.45) is 1.20. The molecular weight excluding hydrogens is 228 g/mol. The average Bonchev–Trinajstić information content (AvgIpc) is 2.26. The van der Waals surface area contributed by atoms with Crippen molar-refractivity contribution in [2.24, 2.45) is 0 Å². The van der Waals surface area contributed by atoms with Gasteiger partial charge in [0.2, 0.25) is 0 Å². The maximum absolute atomic E-state index is 11.5. The van der Waals surface area contributed by atoms with E-state index in [0.29, 0.717) is 6.42 Å². The molecule has 0 aliphatic carbocycles. The zero-order chi connectivity index (χ0) is 13.6. The van der Waals surface area contributed by atoms with E-state index in [1.54, 1.807) is 6.92 Å². The summed E-state index contributed by atoms with van der Waals surface area (Å²) < 4.78 is 0. The van der Waals surface area contributed by atoms with Crippen LogP contribution in [0.25, 0.3) is 0 Å². The van der Waals surface area contributed by atoms with E-state index in [1.807, 2.05) is 30.3 Å². The van der Waals surface area contributed by atoms with E-state index >= 15 is 0 Å². The number of rotatable bonds is 7. The number of hydrogen-bond donors (Lipinski definition) is 1. The van der Waals surface area contributed by atoms with Crippen LogP contribution in [0.15, 0.2) is 30.3 Å². The first kappa shape index (κ1) is 14.6. The quantitative estimate of drug-likeness (QED) is 0.753. The molecule has 98 valence electrons. The molecule has 0 radical (unpaired) electrons. The smallest absolute Gasteiger partial charge is 0.143 e. The highest BCUT2D eigenvalue weighted by molar-refractivity contribution is 5.98. The number of ketones is 2. The van der Waals surface area contributed by atoms with Crippen molar-refractivity contribution in [1.29, 1.82) is 0 Å². The van der Waals surface area contributed by atoms with Crippen LogP contribution in [0.5, 0.6) is 0 Å². The molecule has 0 heterocycles. The number of aryl methyl sites for hydroxylation is 1. The first-order valence-corrected chi connectivity index (χ1v) is 6.16. The highest BCUT2D eigenvalue weighted by Crippen LogP contribution is 2.19. The van der Waals surface area contributed by atoms with Crippen molar-refractivity contribution in [2.45, 2.75) is 45.1 Å². The second-order valence-electron chi connectivity index (χ2n) is 5.08. The predicted octanol–water partition coefficient (Wildman–Crippen LogP) is 2.31. The summed E-state index contributed by atoms with van der Waals surface area (Å²) in [6.45, 7) is 3.03. The zero-order valence-electron chi connectivity index (χ0n) is 11.0. The molecule has 0 aliphatic heterocycles. The van der Waals surface area contributed by atoms with Crippen LogP contribution in [0.3, 0.4) is 0 Å². The van der Waals surface area contributed by atoms with Crippen molar-refractivity contribution in [3.63, 3.8) is 0 Å². The molecule has 3 nitrogen and oxygen atoms in total. The van der Waals surface area contributed by atoms with Crippen LogP contribution >= 0.6 is 0 Å². The Morgan fingerprint density at radius 2 is 1.83 bits per heavy atom. The van der Waals surface area contributed by atoms with Gasteiger partial charge in [0.1, 0.15) is 11.6 Å². The lowest BCUT2D eigenvalue weighted by molar-refractivity contribution is -0.128. The summed E-state index contributed by atoms with van der Waals surface area (Å²) in [6, 6.07) is 9.83. The molecule has 1 unspecified atom stereocenters. The van der Waals surface area contributed by atoms with Gasteiger partial charge in [0, 0.05) is 6.42 Å². The lowest BCUT2D eigenvalue weighted by Gasteiger charge is -2.22. The van der Waals surface area contributed by atoms with Crippen LogP contribution in [0.4, 0.5) is 0 Å². The van der Waals surface area contributed by atoms with Crippen LogP contribution in [-0.4, -0.2) is 22.3 Å². The summed E-state index contributed by atoms with van der Waals surface area (Å²) in [5.74, 6) is -0.348. The molecule has 1 aromatic carbocycles. The zero-order valence-corrected chi connectivity index (χ0v) is 11.0. The van der Waals surface area contributed by atoms with E-state index in [-0.39, 0.29) is 24.4 Å². The third-order valence-electron chi connectivity index (χ3n) is 2.82. The van der Waals surface area contributed by atoms with Gasteiger partial charge in [-0.25, -0.2) is 0 Å². The molecule has 0 aliphatic rings. The molecule has 0 fully saturated rings. The van der Waals surface area contributed by atoms with Gasteiger partial charge in [0.15, 0.2) is 0 Å². The van der Waals surface area contributed by atoms with Crippen molar-refractivity contribution < 1.29 is 14.7 Å². The summed E-state index contributed by atoms with van der Waals surface area (Å²) in [5.41, 5.74) is 0.0966. The monoisotopic (exact) mass is 248 g/mol. The molecule has 1 atom stereocenters. The Kier molecular flexibility index (Phi) is 5.23. The fraction of sp³-hybridized carbons (Fsp3) is 0.467. The molecular formula is C15H20O3. The van der Waals surface area contributed by atoms with Crippen LogP contribution in [0, 0.1) is 0 Å². The van der Waals surface area contributed by atoms with E-state index in [4.69, 9.17) is 0 Å². The van der Waals surface area contributed by atoms with Crippen molar-refractivity contribution in [3.8, 4) is 0 Å². The van der Waals surface area contributed by atoms with Crippen molar-refractivity contribution >= 4 is 11.6 Å². The maximum atomic E-state index is 11.5. The predicted molar refractivity (Wildman–Crippen MR) is 70.3 cm³/mol. The van der Waals surface area contributed by atoms with Crippen molar-refractivity contribution in [3.05, 3.63) is 35.9 Å². The Labute approximate surface area is 108 Å². The number of carbonyl (C=O) groups excluding carboxylic acids is 2. The Morgan fingerprint density at radius 1 is 1.22 bits per heavy atom. The van der Waals surface area contributed by atoms with Gasteiger partial charge in [-0.05, 0) is 32.3 Å². The number of hydrogen-bond acceptors (Lipinski definition) is 3. The largest absolute Gasteiger partial charge is 0.390 e. The third-order valence-corrected chi connectivity index (χ3v) is 2.82. The highest BCUT2D eigenvalue weighted by atomic mass is 16.3. The number of benzene rings is 1. The van der Waals surface area contributed by atoms with Gasteiger partial charge in [-0.1, -0.05) is 30.3 Å². The number of carbonyl (C=O) groups is 2. The van der Waals surface area contributed by atoms with Crippen LogP contribution in [0.1, 0.15) is 38.7 Å². The second kappa shape index (κ2) is 6.45. The van der Waals surface area contributed by atoms with Gasteiger partial charge < -0.3 is 5.11 Å². The Morgan fingerprint density at radius 3 is 2.39 bits per heavy atom. The van der Waals surface area contributed by atoms with Crippen LogP contribution < -0.4 is 0 Å². The lowest BCUT2D eigenvalue weighted by Crippen LogP contribution is -2.29. The molecule has 0 saturated carbocycles. The van der Waals surface area contributed by atoms with Crippen molar-refractivity contribution in [2.75, 3.05) is 0 Å². The van der Waals surface area contributed by atoms with Gasteiger partial charge in [0.25, 0.3) is 0 Å². The summed E-state index contributed by atoms with van der Waals surface area (Å²) in [5, 5.41) is 10.1. The molecule has 0 spiro atoms. The molecule has 0 bridgehead atoms. The normalized spacial score (nSPS) is 13.9. The Bertz CT molecular complexity index is 407. The Hall–Kier alpha value is -1.48. The topological polar surface area (TPSA) is 54.4 Å². The minimum absolute atomic E-state index is 0.0411. The molecule has 0 amide bonds. The SMILES string of the molecule is CC(=O)CC(=O)CC(C)(O)CCc1ccccc1. The minimum Gasteiger partial charge on any atom is -0.390 e. The summed E-state index contributed by atoms with van der Waals surface area (Å²) in [7, 11) is 0. The lowest BCUT2D eigenvalue weighted by atomic mass is 9.90.